The Morgan fingerprint density at radius 1 is 1.18 bits per heavy atom. The first-order valence-electron chi connectivity index (χ1n) is 9.38. The molecule has 0 amide bonds. The van der Waals surface area contributed by atoms with E-state index in [1.165, 1.54) is 11.3 Å². The van der Waals surface area contributed by atoms with Crippen LogP contribution >= 0.6 is 0 Å². The van der Waals surface area contributed by atoms with Gasteiger partial charge in [0.15, 0.2) is 0 Å². The maximum atomic E-state index is 5.06. The summed E-state index contributed by atoms with van der Waals surface area (Å²) in [4.78, 5) is 19.6. The van der Waals surface area contributed by atoms with Crippen LogP contribution in [0.15, 0.2) is 54.4 Å². The number of pyridine rings is 1. The zero-order chi connectivity index (χ0) is 19.7. The number of anilines is 1. The van der Waals surface area contributed by atoms with Crippen molar-refractivity contribution in [1.29, 1.82) is 0 Å². The summed E-state index contributed by atoms with van der Waals surface area (Å²) in [6.07, 6.45) is 13.8. The molecule has 0 aromatic carbocycles. The highest BCUT2D eigenvalue weighted by molar-refractivity contribution is 5.78. The minimum atomic E-state index is 0.269. The SMILES string of the molecule is CCC1=CC(c2cnc(OC)nc2)CC=C1N(C)c1cc2c(cn1)ncn2C. The average molecular weight is 376 g/mol. The molecule has 4 rings (SSSR count). The van der Waals surface area contributed by atoms with Crippen molar-refractivity contribution in [3.05, 3.63) is 60.0 Å². The van der Waals surface area contributed by atoms with Gasteiger partial charge in [-0.3, -0.25) is 0 Å². The molecule has 0 fully saturated rings. The number of aryl methyl sites for hydroxylation is 1. The second-order valence-electron chi connectivity index (χ2n) is 6.93. The van der Waals surface area contributed by atoms with Gasteiger partial charge in [-0.1, -0.05) is 19.1 Å². The van der Waals surface area contributed by atoms with E-state index in [1.807, 2.05) is 36.5 Å². The maximum Gasteiger partial charge on any atom is 0.316 e. The molecule has 1 unspecified atom stereocenters. The molecule has 7 nitrogen and oxygen atoms in total. The number of fused-ring (bicyclic) bond motifs is 1. The fraction of sp³-hybridized carbons (Fsp3) is 0.333. The summed E-state index contributed by atoms with van der Waals surface area (Å²) in [5, 5.41) is 0. The molecule has 0 saturated carbocycles. The molecule has 1 atom stereocenters. The monoisotopic (exact) mass is 376 g/mol. The van der Waals surface area contributed by atoms with Crippen molar-refractivity contribution in [3.8, 4) is 6.01 Å². The number of hydrogen-bond donors (Lipinski definition) is 0. The van der Waals surface area contributed by atoms with E-state index in [0.29, 0.717) is 6.01 Å². The number of allylic oxidation sites excluding steroid dienone is 3. The molecule has 3 heterocycles. The van der Waals surface area contributed by atoms with Crippen LogP contribution in [0.3, 0.4) is 0 Å². The predicted octanol–water partition coefficient (Wildman–Crippen LogP) is 3.61. The van der Waals surface area contributed by atoms with Crippen LogP contribution in [0, 0.1) is 0 Å². The maximum absolute atomic E-state index is 5.06. The van der Waals surface area contributed by atoms with E-state index >= 15 is 0 Å². The molecule has 0 saturated heterocycles. The van der Waals surface area contributed by atoms with Crippen LogP contribution in [0.4, 0.5) is 5.82 Å². The Kier molecular flexibility index (Phi) is 4.81. The lowest BCUT2D eigenvalue weighted by molar-refractivity contribution is 0.379. The van der Waals surface area contributed by atoms with Gasteiger partial charge in [-0.05, 0) is 24.0 Å². The molecule has 7 heteroatoms. The highest BCUT2D eigenvalue weighted by atomic mass is 16.5. The first-order chi connectivity index (χ1) is 13.6. The molecule has 144 valence electrons. The summed E-state index contributed by atoms with van der Waals surface area (Å²) in [7, 11) is 5.64. The zero-order valence-electron chi connectivity index (χ0n) is 16.6. The molecule has 3 aromatic rings. The van der Waals surface area contributed by atoms with Crippen molar-refractivity contribution in [3.63, 3.8) is 0 Å². The summed E-state index contributed by atoms with van der Waals surface area (Å²) in [5.41, 5.74) is 5.56. The molecule has 0 N–H and O–H groups in total. The number of imidazole rings is 1. The molecule has 0 aliphatic heterocycles. The topological polar surface area (TPSA) is 69.0 Å². The largest absolute Gasteiger partial charge is 0.467 e. The predicted molar refractivity (Wildman–Crippen MR) is 109 cm³/mol. The lowest BCUT2D eigenvalue weighted by Gasteiger charge is -2.28. The third kappa shape index (κ3) is 3.24. The smallest absolute Gasteiger partial charge is 0.316 e. The van der Waals surface area contributed by atoms with E-state index in [9.17, 15) is 0 Å². The van der Waals surface area contributed by atoms with Gasteiger partial charge in [0.25, 0.3) is 0 Å². The summed E-state index contributed by atoms with van der Waals surface area (Å²) >= 11 is 0. The first-order valence-corrected chi connectivity index (χ1v) is 9.38. The third-order valence-corrected chi connectivity index (χ3v) is 5.24. The van der Waals surface area contributed by atoms with E-state index in [4.69, 9.17) is 4.74 Å². The quantitative estimate of drug-likeness (QED) is 0.678. The molecule has 0 spiro atoms. The van der Waals surface area contributed by atoms with E-state index in [0.717, 1.165) is 35.3 Å². The Morgan fingerprint density at radius 2 is 1.96 bits per heavy atom. The zero-order valence-corrected chi connectivity index (χ0v) is 16.6. The van der Waals surface area contributed by atoms with E-state index < -0.39 is 0 Å². The molecule has 0 radical (unpaired) electrons. The number of likely N-dealkylation sites (N-methyl/N-ethyl adjacent to an activating group) is 1. The van der Waals surface area contributed by atoms with Crippen molar-refractivity contribution in [2.24, 2.45) is 7.05 Å². The highest BCUT2D eigenvalue weighted by Gasteiger charge is 2.21. The normalized spacial score (nSPS) is 16.6. The Bertz CT molecular complexity index is 1050. The van der Waals surface area contributed by atoms with Gasteiger partial charge in [-0.2, -0.15) is 0 Å². The van der Waals surface area contributed by atoms with Crippen LogP contribution in [0.2, 0.25) is 0 Å². The fourth-order valence-electron chi connectivity index (χ4n) is 3.60. The highest BCUT2D eigenvalue weighted by Crippen LogP contribution is 2.34. The van der Waals surface area contributed by atoms with Crippen LogP contribution in [0.25, 0.3) is 11.0 Å². The van der Waals surface area contributed by atoms with Crippen molar-refractivity contribution < 1.29 is 4.74 Å². The van der Waals surface area contributed by atoms with Crippen molar-refractivity contribution in [2.75, 3.05) is 19.1 Å². The van der Waals surface area contributed by atoms with Crippen LogP contribution in [0.5, 0.6) is 6.01 Å². The molecular weight excluding hydrogens is 352 g/mol. The Morgan fingerprint density at radius 3 is 2.68 bits per heavy atom. The molecular formula is C21H24N6O. The minimum absolute atomic E-state index is 0.269. The first kappa shape index (κ1) is 18.2. The number of methoxy groups -OCH3 is 1. The van der Waals surface area contributed by atoms with Gasteiger partial charge < -0.3 is 14.2 Å². The second kappa shape index (κ2) is 7.42. The number of aromatic nitrogens is 5. The Balaban J connectivity index is 1.61. The minimum Gasteiger partial charge on any atom is -0.467 e. The Hall–Kier alpha value is -3.22. The van der Waals surface area contributed by atoms with E-state index in [2.05, 4.69) is 57.0 Å². The van der Waals surface area contributed by atoms with Gasteiger partial charge in [-0.15, -0.1) is 0 Å². The summed E-state index contributed by atoms with van der Waals surface area (Å²) in [6.45, 7) is 2.18. The molecule has 3 aromatic heterocycles. The average Bonchev–Trinajstić information content (AvgIpc) is 3.13. The van der Waals surface area contributed by atoms with Gasteiger partial charge >= 0.3 is 6.01 Å². The van der Waals surface area contributed by atoms with E-state index in [1.54, 1.807) is 7.11 Å². The standard InChI is InChI=1S/C21H24N6O/c1-5-14-8-15(16-10-23-21(28-4)24-11-16)6-7-18(14)27(3)20-9-19-17(12-22-20)25-13-26(19)2/h7-13,15H,5-6H2,1-4H3. The van der Waals surface area contributed by atoms with Crippen LogP contribution in [-0.2, 0) is 7.05 Å². The van der Waals surface area contributed by atoms with Gasteiger partial charge in [0, 0.05) is 44.2 Å². The van der Waals surface area contributed by atoms with Crippen LogP contribution < -0.4 is 9.64 Å². The molecule has 0 bridgehead atoms. The number of ether oxygens (including phenoxy) is 1. The third-order valence-electron chi connectivity index (χ3n) is 5.24. The van der Waals surface area contributed by atoms with Crippen LogP contribution in [-0.4, -0.2) is 38.7 Å². The van der Waals surface area contributed by atoms with Gasteiger partial charge in [0.2, 0.25) is 0 Å². The van der Waals surface area contributed by atoms with Crippen LogP contribution in [0.1, 0.15) is 31.2 Å². The lowest BCUT2D eigenvalue weighted by atomic mass is 9.88. The van der Waals surface area contributed by atoms with Crippen molar-refractivity contribution in [1.82, 2.24) is 24.5 Å². The van der Waals surface area contributed by atoms with E-state index in [-0.39, 0.29) is 5.92 Å². The Labute approximate surface area is 164 Å². The molecule has 1 aliphatic carbocycles. The molecule has 1 aliphatic rings. The van der Waals surface area contributed by atoms with Crippen molar-refractivity contribution >= 4 is 16.9 Å². The number of hydrogen-bond acceptors (Lipinski definition) is 6. The fourth-order valence-corrected chi connectivity index (χ4v) is 3.60. The number of rotatable bonds is 5. The summed E-state index contributed by atoms with van der Waals surface area (Å²) in [5.74, 6) is 1.18. The number of nitrogens with zero attached hydrogens (tertiary/aromatic N) is 6. The summed E-state index contributed by atoms with van der Waals surface area (Å²) < 4.78 is 7.07. The lowest BCUT2D eigenvalue weighted by Crippen LogP contribution is -2.21. The van der Waals surface area contributed by atoms with Gasteiger partial charge in [0.1, 0.15) is 11.3 Å². The van der Waals surface area contributed by atoms with Gasteiger partial charge in [0.05, 0.1) is 25.2 Å². The summed E-state index contributed by atoms with van der Waals surface area (Å²) in [6, 6.07) is 2.48. The molecule has 28 heavy (non-hydrogen) atoms. The van der Waals surface area contributed by atoms with Gasteiger partial charge in [-0.25, -0.2) is 19.9 Å². The second-order valence-corrected chi connectivity index (χ2v) is 6.93. The van der Waals surface area contributed by atoms with Crippen molar-refractivity contribution in [2.45, 2.75) is 25.7 Å².